The highest BCUT2D eigenvalue weighted by Gasteiger charge is 2.36. The van der Waals surface area contributed by atoms with Crippen LogP contribution in [0.2, 0.25) is 13.1 Å². The van der Waals surface area contributed by atoms with E-state index in [0.717, 1.165) is 13.0 Å². The molecule has 0 fully saturated rings. The lowest BCUT2D eigenvalue weighted by molar-refractivity contribution is 0.651. The Morgan fingerprint density at radius 3 is 2.69 bits per heavy atom. The predicted octanol–water partition coefficient (Wildman–Crippen LogP) is 2.39. The largest absolute Gasteiger partial charge is 0.371 e. The molecule has 4 heteroatoms. The van der Waals surface area contributed by atoms with Crippen LogP contribution in [0.3, 0.4) is 0 Å². The van der Waals surface area contributed by atoms with Gasteiger partial charge < -0.3 is 4.90 Å². The van der Waals surface area contributed by atoms with Crippen LogP contribution in [0, 0.1) is 0 Å². The van der Waals surface area contributed by atoms with Crippen LogP contribution in [-0.2, 0) is 12.8 Å². The van der Waals surface area contributed by atoms with E-state index in [9.17, 15) is 0 Å². The van der Waals surface area contributed by atoms with Gasteiger partial charge in [-0.25, -0.2) is 9.57 Å². The Balaban J connectivity index is 1.57. The molecule has 0 atom stereocenters. The summed E-state index contributed by atoms with van der Waals surface area (Å²) in [5, 5.41) is 5.73. The Hall–Kier alpha value is -1.94. The summed E-state index contributed by atoms with van der Waals surface area (Å²) in [6.45, 7) is 10.9. The molecule has 0 N–H and O–H groups in total. The third kappa shape index (κ3) is 3.07. The van der Waals surface area contributed by atoms with Gasteiger partial charge in [0, 0.05) is 36.8 Å². The van der Waals surface area contributed by atoms with Crippen LogP contribution in [0.1, 0.15) is 43.7 Å². The van der Waals surface area contributed by atoms with Crippen molar-refractivity contribution in [2.24, 2.45) is 4.99 Å². The van der Waals surface area contributed by atoms with Crippen LogP contribution in [0.4, 0.5) is 11.4 Å². The second kappa shape index (κ2) is 7.08. The highest BCUT2D eigenvalue weighted by atomic mass is 28.3. The molecule has 0 amide bonds. The number of anilines is 1. The van der Waals surface area contributed by atoms with Crippen molar-refractivity contribution in [2.75, 3.05) is 31.6 Å². The molecule has 3 aliphatic rings. The van der Waals surface area contributed by atoms with Crippen LogP contribution in [0.5, 0.6) is 0 Å². The number of likely N-dealkylation sites (N-methyl/N-ethyl adjacent to an activating group) is 1. The first-order valence-corrected chi connectivity index (χ1v) is 14.5. The van der Waals surface area contributed by atoms with Gasteiger partial charge in [0.05, 0.1) is 11.0 Å². The highest BCUT2D eigenvalue weighted by molar-refractivity contribution is 7.01. The lowest BCUT2D eigenvalue weighted by Gasteiger charge is -2.30. The van der Waals surface area contributed by atoms with E-state index in [1.165, 1.54) is 88.8 Å². The number of rotatable bonds is 5. The fourth-order valence-corrected chi connectivity index (χ4v) is 8.32. The zero-order chi connectivity index (χ0) is 20.2. The van der Waals surface area contributed by atoms with Crippen LogP contribution in [-0.4, -0.2) is 34.8 Å². The molecule has 152 valence electrons. The molecule has 0 unspecified atom stereocenters. The maximum absolute atomic E-state index is 5.19. The van der Waals surface area contributed by atoms with Gasteiger partial charge in [0.1, 0.15) is 21.7 Å². The monoisotopic (exact) mass is 404 g/mol. The highest BCUT2D eigenvalue weighted by Crippen LogP contribution is 2.32. The summed E-state index contributed by atoms with van der Waals surface area (Å²) in [5.74, 6) is 0. The maximum Gasteiger partial charge on any atom is 0.203 e. The van der Waals surface area contributed by atoms with E-state index in [1.54, 1.807) is 0 Å². The van der Waals surface area contributed by atoms with E-state index >= 15 is 0 Å². The zero-order valence-electron chi connectivity index (χ0n) is 18.5. The van der Waals surface area contributed by atoms with Crippen molar-refractivity contribution in [3.8, 4) is 0 Å². The van der Waals surface area contributed by atoms with Crippen LogP contribution < -0.4 is 30.6 Å². The Morgan fingerprint density at radius 2 is 1.86 bits per heavy atom. The van der Waals surface area contributed by atoms with Crippen LogP contribution in [0.15, 0.2) is 29.3 Å². The smallest absolute Gasteiger partial charge is 0.203 e. The zero-order valence-corrected chi connectivity index (χ0v) is 19.5. The molecule has 0 radical (unpaired) electrons. The Morgan fingerprint density at radius 1 is 1.00 bits per heavy atom. The minimum atomic E-state index is -1.77. The average Bonchev–Trinajstić information content (AvgIpc) is 3.26. The lowest BCUT2D eigenvalue weighted by atomic mass is 10.1. The van der Waals surface area contributed by atoms with E-state index in [4.69, 9.17) is 4.99 Å². The summed E-state index contributed by atoms with van der Waals surface area (Å²) in [4.78, 5) is 7.83. The lowest BCUT2D eigenvalue weighted by Crippen LogP contribution is -2.62. The Bertz CT molecular complexity index is 1100. The first-order valence-electron chi connectivity index (χ1n) is 11.5. The summed E-state index contributed by atoms with van der Waals surface area (Å²) in [7, 11) is 0.459. The molecule has 0 spiro atoms. The molecule has 29 heavy (non-hydrogen) atoms. The van der Waals surface area contributed by atoms with Gasteiger partial charge in [-0.2, -0.15) is 0 Å². The first kappa shape index (κ1) is 19.0. The SMILES string of the molecule is CCCCCCN1CCc2cc3c(cc21)[Si](C)(C)c1cc2c(cc1=N3)CC[N+]=2C. The van der Waals surface area contributed by atoms with E-state index in [-0.39, 0.29) is 0 Å². The molecule has 2 aromatic rings. The first-order chi connectivity index (χ1) is 14.0. The van der Waals surface area contributed by atoms with E-state index < -0.39 is 8.07 Å². The van der Waals surface area contributed by atoms with Crippen molar-refractivity contribution in [2.45, 2.75) is 58.5 Å². The number of fused-ring (bicyclic) bond motifs is 4. The van der Waals surface area contributed by atoms with E-state index in [1.807, 2.05) is 0 Å². The predicted molar refractivity (Wildman–Crippen MR) is 126 cm³/mol. The molecular weight excluding hydrogens is 370 g/mol. The van der Waals surface area contributed by atoms with Crippen molar-refractivity contribution in [3.05, 3.63) is 46.1 Å². The Labute approximate surface area is 175 Å². The summed E-state index contributed by atoms with van der Waals surface area (Å²) in [6.07, 6.45) is 7.67. The van der Waals surface area contributed by atoms with E-state index in [2.05, 4.69) is 60.8 Å². The molecule has 0 saturated carbocycles. The maximum atomic E-state index is 5.19. The molecular formula is C25H34N3Si+. The van der Waals surface area contributed by atoms with Gasteiger partial charge in [0.2, 0.25) is 5.36 Å². The number of hydrogen-bond donors (Lipinski definition) is 0. The average molecular weight is 405 g/mol. The number of hydrogen-bond acceptors (Lipinski definition) is 2. The van der Waals surface area contributed by atoms with Gasteiger partial charge in [-0.3, -0.25) is 0 Å². The van der Waals surface area contributed by atoms with Crippen molar-refractivity contribution in [1.82, 2.24) is 4.58 Å². The number of nitrogens with zero attached hydrogens (tertiary/aromatic N) is 3. The third-order valence-corrected chi connectivity index (χ3v) is 10.9. The van der Waals surface area contributed by atoms with E-state index in [0.29, 0.717) is 0 Å². The standard InChI is InChI=1S/C25H34N3Si/c1-5-6-7-8-11-28-13-10-19-15-21-25(17-23(19)28)29(3,4)24-16-22-18(9-12-27(22)2)14-20(24)26-21/h14-17H,5-13H2,1-4H3/q+1. The van der Waals surface area contributed by atoms with Crippen LogP contribution >= 0.6 is 0 Å². The number of benzene rings is 2. The summed E-state index contributed by atoms with van der Waals surface area (Å²) in [6, 6.07) is 9.83. The van der Waals surface area contributed by atoms with Crippen LogP contribution in [0.25, 0.3) is 0 Å². The third-order valence-electron chi connectivity index (χ3n) is 7.38. The van der Waals surface area contributed by atoms with Gasteiger partial charge in [-0.15, -0.1) is 0 Å². The molecule has 3 aliphatic heterocycles. The van der Waals surface area contributed by atoms with Crippen molar-refractivity contribution in [1.29, 1.82) is 0 Å². The second-order valence-corrected chi connectivity index (χ2v) is 14.0. The van der Waals surface area contributed by atoms with Gasteiger partial charge >= 0.3 is 0 Å². The molecule has 2 aromatic carbocycles. The van der Waals surface area contributed by atoms with Crippen molar-refractivity contribution >= 4 is 29.8 Å². The quantitative estimate of drug-likeness (QED) is 0.425. The molecule has 0 aromatic heterocycles. The van der Waals surface area contributed by atoms with Gasteiger partial charge in [-0.1, -0.05) is 39.3 Å². The van der Waals surface area contributed by atoms with Gasteiger partial charge in [-0.05, 0) is 47.0 Å². The molecule has 5 rings (SSSR count). The van der Waals surface area contributed by atoms with Gasteiger partial charge in [0.15, 0.2) is 0 Å². The summed E-state index contributed by atoms with van der Waals surface area (Å²) < 4.78 is 2.41. The van der Waals surface area contributed by atoms with Gasteiger partial charge in [0.25, 0.3) is 0 Å². The second-order valence-electron chi connectivity index (χ2n) is 9.70. The Kier molecular flexibility index (Phi) is 4.65. The molecule has 0 aliphatic carbocycles. The summed E-state index contributed by atoms with van der Waals surface area (Å²) >= 11 is 0. The molecule has 3 heterocycles. The molecule has 3 nitrogen and oxygen atoms in total. The molecule has 0 saturated heterocycles. The normalized spacial score (nSPS) is 18.2. The fourth-order valence-electron chi connectivity index (χ4n) is 5.50. The minimum absolute atomic E-state index is 1.13. The van der Waals surface area contributed by atoms with Crippen molar-refractivity contribution in [3.63, 3.8) is 0 Å². The van der Waals surface area contributed by atoms with Crippen molar-refractivity contribution < 1.29 is 0 Å². The fraction of sp³-hybridized carbons (Fsp3) is 0.520. The minimum Gasteiger partial charge on any atom is -0.371 e. The molecule has 0 bridgehead atoms. The number of unbranched alkanes of at least 4 members (excludes halogenated alkanes) is 3. The topological polar surface area (TPSA) is 18.6 Å². The summed E-state index contributed by atoms with van der Waals surface area (Å²) in [5.41, 5.74) is 5.74.